The Kier molecular flexibility index (Phi) is 4.08. The number of nitriles is 1. The van der Waals surface area contributed by atoms with Crippen LogP contribution in [-0.4, -0.2) is 6.26 Å². The van der Waals surface area contributed by atoms with E-state index in [4.69, 9.17) is 4.74 Å². The van der Waals surface area contributed by atoms with Crippen molar-refractivity contribution in [1.29, 1.82) is 5.26 Å². The number of thioether (sulfide) groups is 1. The van der Waals surface area contributed by atoms with Gasteiger partial charge < -0.3 is 4.74 Å². The summed E-state index contributed by atoms with van der Waals surface area (Å²) in [4.78, 5) is 0.860. The molecule has 0 aromatic heterocycles. The summed E-state index contributed by atoms with van der Waals surface area (Å²) >= 11 is 1.49. The third-order valence-electron chi connectivity index (χ3n) is 2.68. The van der Waals surface area contributed by atoms with E-state index in [2.05, 4.69) is 6.07 Å². The Morgan fingerprint density at radius 2 is 2.05 bits per heavy atom. The monoisotopic (exact) mass is 273 g/mol. The van der Waals surface area contributed by atoms with E-state index in [0.717, 1.165) is 4.90 Å². The molecule has 2 aromatic carbocycles. The third-order valence-corrected chi connectivity index (χ3v) is 3.46. The Morgan fingerprint density at radius 1 is 1.26 bits per heavy atom. The van der Waals surface area contributed by atoms with Gasteiger partial charge >= 0.3 is 0 Å². The van der Waals surface area contributed by atoms with Crippen molar-refractivity contribution in [3.8, 4) is 17.6 Å². The van der Waals surface area contributed by atoms with Gasteiger partial charge in [0.05, 0.1) is 0 Å². The van der Waals surface area contributed by atoms with Gasteiger partial charge in [0.1, 0.15) is 28.9 Å². The molecule has 0 atom stereocenters. The van der Waals surface area contributed by atoms with Crippen molar-refractivity contribution in [1.82, 2.24) is 0 Å². The van der Waals surface area contributed by atoms with Gasteiger partial charge in [0, 0.05) is 4.90 Å². The van der Waals surface area contributed by atoms with Gasteiger partial charge in [0.2, 0.25) is 0 Å². The topological polar surface area (TPSA) is 33.0 Å². The van der Waals surface area contributed by atoms with Crippen molar-refractivity contribution in [2.45, 2.75) is 11.8 Å². The van der Waals surface area contributed by atoms with Gasteiger partial charge in [-0.25, -0.2) is 4.39 Å². The van der Waals surface area contributed by atoms with E-state index in [0.29, 0.717) is 22.6 Å². The quantitative estimate of drug-likeness (QED) is 0.771. The van der Waals surface area contributed by atoms with Crippen LogP contribution in [0.5, 0.6) is 11.5 Å². The molecule has 0 aliphatic heterocycles. The minimum absolute atomic E-state index is 0.272. The van der Waals surface area contributed by atoms with Crippen LogP contribution in [0.2, 0.25) is 0 Å². The fourth-order valence-corrected chi connectivity index (χ4v) is 2.25. The zero-order valence-corrected chi connectivity index (χ0v) is 11.4. The van der Waals surface area contributed by atoms with Gasteiger partial charge in [-0.15, -0.1) is 11.8 Å². The summed E-state index contributed by atoms with van der Waals surface area (Å²) < 4.78 is 18.9. The molecular formula is C15H12FNOS. The van der Waals surface area contributed by atoms with E-state index in [1.165, 1.54) is 17.8 Å². The fraction of sp³-hybridized carbons (Fsp3) is 0.133. The molecule has 0 unspecified atom stereocenters. The number of hydrogen-bond acceptors (Lipinski definition) is 3. The van der Waals surface area contributed by atoms with E-state index in [9.17, 15) is 9.65 Å². The van der Waals surface area contributed by atoms with E-state index in [1.807, 2.05) is 18.4 Å². The minimum atomic E-state index is -0.272. The molecule has 2 rings (SSSR count). The number of hydrogen-bond donors (Lipinski definition) is 0. The molecule has 0 amide bonds. The predicted octanol–water partition coefficient (Wildman–Crippen LogP) is 4.52. The van der Waals surface area contributed by atoms with Crippen molar-refractivity contribution in [3.63, 3.8) is 0 Å². The van der Waals surface area contributed by atoms with Crippen LogP contribution in [0.15, 0.2) is 41.3 Å². The molecule has 0 radical (unpaired) electrons. The van der Waals surface area contributed by atoms with Crippen LogP contribution < -0.4 is 4.74 Å². The number of halogens is 1. The molecule has 96 valence electrons. The van der Waals surface area contributed by atoms with Crippen LogP contribution in [0.25, 0.3) is 0 Å². The van der Waals surface area contributed by atoms with Crippen LogP contribution >= 0.6 is 11.8 Å². The molecule has 0 aliphatic carbocycles. The highest BCUT2D eigenvalue weighted by Gasteiger charge is 2.10. The Hall–Kier alpha value is -1.99. The summed E-state index contributed by atoms with van der Waals surface area (Å²) in [6.07, 6.45) is 1.90. The van der Waals surface area contributed by atoms with Crippen molar-refractivity contribution >= 4 is 11.8 Å². The molecule has 0 aliphatic rings. The lowest BCUT2D eigenvalue weighted by Crippen LogP contribution is -1.91. The lowest BCUT2D eigenvalue weighted by molar-refractivity contribution is 0.476. The number of ether oxygens (including phenoxy) is 1. The first-order valence-electron chi connectivity index (χ1n) is 5.67. The maximum absolute atomic E-state index is 13.2. The second-order valence-corrected chi connectivity index (χ2v) is 4.81. The SMILES string of the molecule is CSc1cccc(Oc2ccc(F)c(C)c2)c1C#N. The summed E-state index contributed by atoms with van der Waals surface area (Å²) in [6.45, 7) is 1.67. The van der Waals surface area contributed by atoms with Gasteiger partial charge in [0.15, 0.2) is 0 Å². The number of rotatable bonds is 3. The normalized spacial score (nSPS) is 10.0. The largest absolute Gasteiger partial charge is 0.456 e. The van der Waals surface area contributed by atoms with Gasteiger partial charge in [-0.3, -0.25) is 0 Å². The zero-order chi connectivity index (χ0) is 13.8. The second kappa shape index (κ2) is 5.77. The van der Waals surface area contributed by atoms with Crippen LogP contribution in [-0.2, 0) is 0 Å². The van der Waals surface area contributed by atoms with Gasteiger partial charge in [-0.1, -0.05) is 6.07 Å². The lowest BCUT2D eigenvalue weighted by atomic mass is 10.2. The zero-order valence-electron chi connectivity index (χ0n) is 10.6. The molecule has 0 heterocycles. The Balaban J connectivity index is 2.38. The highest BCUT2D eigenvalue weighted by Crippen LogP contribution is 2.31. The summed E-state index contributed by atoms with van der Waals surface area (Å²) in [7, 11) is 0. The van der Waals surface area contributed by atoms with Crippen LogP contribution in [0.4, 0.5) is 4.39 Å². The third kappa shape index (κ3) is 2.88. The molecular weight excluding hydrogens is 261 g/mol. The number of nitrogens with zero attached hydrogens (tertiary/aromatic N) is 1. The molecule has 2 aromatic rings. The Labute approximate surface area is 115 Å². The molecule has 19 heavy (non-hydrogen) atoms. The average molecular weight is 273 g/mol. The van der Waals surface area contributed by atoms with E-state index in [1.54, 1.807) is 25.1 Å². The molecule has 0 N–H and O–H groups in total. The molecule has 0 fully saturated rings. The Morgan fingerprint density at radius 3 is 2.68 bits per heavy atom. The maximum atomic E-state index is 13.2. The highest BCUT2D eigenvalue weighted by atomic mass is 32.2. The number of aryl methyl sites for hydroxylation is 1. The van der Waals surface area contributed by atoms with Gasteiger partial charge in [-0.2, -0.15) is 5.26 Å². The van der Waals surface area contributed by atoms with Crippen LogP contribution in [0.1, 0.15) is 11.1 Å². The van der Waals surface area contributed by atoms with Crippen LogP contribution in [0.3, 0.4) is 0 Å². The molecule has 2 nitrogen and oxygen atoms in total. The number of benzene rings is 2. The van der Waals surface area contributed by atoms with E-state index in [-0.39, 0.29) is 5.82 Å². The summed E-state index contributed by atoms with van der Waals surface area (Å²) in [6, 6.07) is 12.1. The predicted molar refractivity (Wildman–Crippen MR) is 74.1 cm³/mol. The minimum Gasteiger partial charge on any atom is -0.456 e. The first-order chi connectivity index (χ1) is 9.15. The van der Waals surface area contributed by atoms with E-state index >= 15 is 0 Å². The molecule has 4 heteroatoms. The average Bonchev–Trinajstić information content (AvgIpc) is 2.42. The van der Waals surface area contributed by atoms with Crippen molar-refractivity contribution < 1.29 is 9.13 Å². The molecule has 0 spiro atoms. The lowest BCUT2D eigenvalue weighted by Gasteiger charge is -2.10. The smallest absolute Gasteiger partial charge is 0.146 e. The van der Waals surface area contributed by atoms with Crippen molar-refractivity contribution in [2.75, 3.05) is 6.26 Å². The summed E-state index contributed by atoms with van der Waals surface area (Å²) in [5.41, 5.74) is 1.01. The van der Waals surface area contributed by atoms with Gasteiger partial charge in [0.25, 0.3) is 0 Å². The van der Waals surface area contributed by atoms with Gasteiger partial charge in [-0.05, 0) is 49.1 Å². The molecule has 0 saturated carbocycles. The van der Waals surface area contributed by atoms with Crippen molar-refractivity contribution in [2.24, 2.45) is 0 Å². The summed E-state index contributed by atoms with van der Waals surface area (Å²) in [5.74, 6) is 0.736. The highest BCUT2D eigenvalue weighted by molar-refractivity contribution is 7.98. The van der Waals surface area contributed by atoms with Crippen LogP contribution in [0, 0.1) is 24.1 Å². The Bertz CT molecular complexity index is 649. The summed E-state index contributed by atoms with van der Waals surface area (Å²) in [5, 5.41) is 9.20. The first kappa shape index (κ1) is 13.4. The van der Waals surface area contributed by atoms with Crippen molar-refractivity contribution in [3.05, 3.63) is 53.3 Å². The first-order valence-corrected chi connectivity index (χ1v) is 6.89. The maximum Gasteiger partial charge on any atom is 0.146 e. The second-order valence-electron chi connectivity index (χ2n) is 3.96. The molecule has 0 bridgehead atoms. The van der Waals surface area contributed by atoms with E-state index < -0.39 is 0 Å². The standard InChI is InChI=1S/C15H12FNOS/c1-10-8-11(6-7-13(10)16)18-14-4-3-5-15(19-2)12(14)9-17/h3-8H,1-2H3. The fourth-order valence-electron chi connectivity index (χ4n) is 1.68. The molecule has 0 saturated heterocycles.